The summed E-state index contributed by atoms with van der Waals surface area (Å²) in [5, 5.41) is 2.85. The average molecular weight is 195 g/mol. The highest BCUT2D eigenvalue weighted by Gasteiger charge is 2.43. The Morgan fingerprint density at radius 3 is 2.77 bits per heavy atom. The SMILES string of the molecule is CS[N+]1(C)C(=O)Nc2ccccc21. The van der Waals surface area contributed by atoms with Crippen LogP contribution in [0.4, 0.5) is 16.2 Å². The first kappa shape index (κ1) is 8.59. The van der Waals surface area contributed by atoms with Crippen molar-refractivity contribution in [3.8, 4) is 0 Å². The van der Waals surface area contributed by atoms with Crippen molar-refractivity contribution < 1.29 is 4.79 Å². The lowest BCUT2D eigenvalue weighted by atomic mass is 10.3. The van der Waals surface area contributed by atoms with Crippen molar-refractivity contribution in [2.24, 2.45) is 0 Å². The van der Waals surface area contributed by atoms with E-state index >= 15 is 0 Å². The lowest BCUT2D eigenvalue weighted by Crippen LogP contribution is -2.41. The molecule has 0 radical (unpaired) electrons. The van der Waals surface area contributed by atoms with Gasteiger partial charge in [-0.25, -0.2) is 4.79 Å². The number of carbonyl (C=O) groups is 1. The zero-order chi connectivity index (χ0) is 9.47. The van der Waals surface area contributed by atoms with Crippen molar-refractivity contribution in [3.05, 3.63) is 24.3 Å². The van der Waals surface area contributed by atoms with Gasteiger partial charge in [0, 0.05) is 12.3 Å². The standard InChI is InChI=1S/C9H10N2OS/c1-11(13-2)8-6-4-3-5-7(8)10-9(11)12/h3-6H,1-2H3/p+1. The van der Waals surface area contributed by atoms with Crippen LogP contribution < -0.4 is 9.21 Å². The molecule has 1 aromatic rings. The molecule has 1 N–H and O–H groups in total. The monoisotopic (exact) mass is 195 g/mol. The number of carbonyl (C=O) groups excluding carboxylic acids is 1. The van der Waals surface area contributed by atoms with Gasteiger partial charge in [-0.3, -0.25) is 5.32 Å². The average Bonchev–Trinajstić information content (AvgIpc) is 2.41. The summed E-state index contributed by atoms with van der Waals surface area (Å²) in [4.78, 5) is 11.6. The van der Waals surface area contributed by atoms with E-state index in [1.807, 2.05) is 37.6 Å². The van der Waals surface area contributed by atoms with E-state index in [1.54, 1.807) is 0 Å². The van der Waals surface area contributed by atoms with Gasteiger partial charge < -0.3 is 0 Å². The van der Waals surface area contributed by atoms with E-state index < -0.39 is 0 Å². The molecule has 0 saturated heterocycles. The number of rotatable bonds is 1. The highest BCUT2D eigenvalue weighted by atomic mass is 32.2. The number of anilines is 1. The molecule has 1 unspecified atom stereocenters. The van der Waals surface area contributed by atoms with Crippen LogP contribution in [0.1, 0.15) is 0 Å². The highest BCUT2D eigenvalue weighted by Crippen LogP contribution is 2.41. The van der Waals surface area contributed by atoms with Crippen LogP contribution in [0.15, 0.2) is 24.3 Å². The molecule has 1 aromatic carbocycles. The van der Waals surface area contributed by atoms with Gasteiger partial charge in [0.2, 0.25) is 0 Å². The highest BCUT2D eigenvalue weighted by molar-refractivity contribution is 7.98. The molecule has 68 valence electrons. The minimum absolute atomic E-state index is 0.0219. The van der Waals surface area contributed by atoms with Crippen molar-refractivity contribution in [1.82, 2.24) is 3.89 Å². The zero-order valence-corrected chi connectivity index (χ0v) is 8.39. The third kappa shape index (κ3) is 1.06. The quantitative estimate of drug-likeness (QED) is 0.551. The second-order valence-electron chi connectivity index (χ2n) is 3.05. The molecule has 1 atom stereocenters. The lowest BCUT2D eigenvalue weighted by Gasteiger charge is -2.19. The van der Waals surface area contributed by atoms with Gasteiger partial charge in [0.25, 0.3) is 0 Å². The molecule has 2 rings (SSSR count). The Labute approximate surface area is 81.5 Å². The van der Waals surface area contributed by atoms with E-state index in [1.165, 1.54) is 11.9 Å². The summed E-state index contributed by atoms with van der Waals surface area (Å²) in [5.41, 5.74) is 1.95. The van der Waals surface area contributed by atoms with Gasteiger partial charge in [-0.15, -0.1) is 3.89 Å². The molecule has 13 heavy (non-hydrogen) atoms. The Kier molecular flexibility index (Phi) is 1.82. The lowest BCUT2D eigenvalue weighted by molar-refractivity contribution is 0.245. The maximum atomic E-state index is 11.6. The number of urea groups is 1. The normalized spacial score (nSPS) is 25.5. The smallest absolute Gasteiger partial charge is 0.268 e. The molecule has 0 bridgehead atoms. The van der Waals surface area contributed by atoms with Gasteiger partial charge in [-0.1, -0.05) is 12.1 Å². The molecule has 1 aliphatic heterocycles. The molecule has 1 heterocycles. The predicted octanol–water partition coefficient (Wildman–Crippen LogP) is 2.45. The van der Waals surface area contributed by atoms with Gasteiger partial charge in [0.15, 0.2) is 5.69 Å². The first-order valence-electron chi connectivity index (χ1n) is 4.02. The van der Waals surface area contributed by atoms with Gasteiger partial charge in [-0.05, 0) is 6.07 Å². The number of nitrogens with one attached hydrogen (secondary N) is 1. The zero-order valence-electron chi connectivity index (χ0n) is 7.57. The van der Waals surface area contributed by atoms with Crippen molar-refractivity contribution in [2.75, 3.05) is 18.6 Å². The largest absolute Gasteiger partial charge is 0.437 e. The number of benzene rings is 1. The van der Waals surface area contributed by atoms with Crippen LogP contribution in [0.5, 0.6) is 0 Å². The van der Waals surface area contributed by atoms with Gasteiger partial charge >= 0.3 is 6.03 Å². The molecule has 4 heteroatoms. The maximum absolute atomic E-state index is 11.6. The summed E-state index contributed by atoms with van der Waals surface area (Å²) in [6, 6.07) is 7.80. The Morgan fingerprint density at radius 1 is 1.38 bits per heavy atom. The summed E-state index contributed by atoms with van der Waals surface area (Å²) in [5.74, 6) is 0. The third-order valence-corrected chi connectivity index (χ3v) is 3.45. The third-order valence-electron chi connectivity index (χ3n) is 2.36. The summed E-state index contributed by atoms with van der Waals surface area (Å²) in [6.07, 6.45) is 1.93. The molecule has 1 aliphatic rings. The molecule has 0 fully saturated rings. The topological polar surface area (TPSA) is 29.1 Å². The predicted molar refractivity (Wildman–Crippen MR) is 56.7 cm³/mol. The fraction of sp³-hybridized carbons (Fsp3) is 0.222. The second-order valence-corrected chi connectivity index (χ2v) is 4.15. The fourth-order valence-electron chi connectivity index (χ4n) is 1.46. The van der Waals surface area contributed by atoms with Gasteiger partial charge in [0.1, 0.15) is 5.69 Å². The van der Waals surface area contributed by atoms with E-state index in [2.05, 4.69) is 5.32 Å². The molecular formula is C9H11N2OS+. The minimum atomic E-state index is 0.0219. The molecule has 0 aromatic heterocycles. The Balaban J connectivity index is 2.59. The minimum Gasteiger partial charge on any atom is -0.268 e. The molecular weight excluding hydrogens is 184 g/mol. The van der Waals surface area contributed by atoms with Gasteiger partial charge in [-0.2, -0.15) is 0 Å². The number of fused-ring (bicyclic) bond motifs is 1. The van der Waals surface area contributed by atoms with E-state index in [4.69, 9.17) is 0 Å². The second kappa shape index (κ2) is 2.75. The van der Waals surface area contributed by atoms with Crippen molar-refractivity contribution in [2.45, 2.75) is 0 Å². The van der Waals surface area contributed by atoms with Crippen LogP contribution >= 0.6 is 11.9 Å². The number of para-hydroxylation sites is 2. The summed E-state index contributed by atoms with van der Waals surface area (Å²) in [6.45, 7) is 0. The Bertz CT molecular complexity index is 366. The van der Waals surface area contributed by atoms with Crippen molar-refractivity contribution in [3.63, 3.8) is 0 Å². The maximum Gasteiger partial charge on any atom is 0.437 e. The Morgan fingerprint density at radius 2 is 2.08 bits per heavy atom. The molecule has 2 amide bonds. The summed E-state index contributed by atoms with van der Waals surface area (Å²) < 4.78 is 0.274. The Hall–Kier alpha value is -1.00. The fourth-order valence-corrected chi connectivity index (χ4v) is 2.03. The number of hydrogen-bond acceptors (Lipinski definition) is 2. The number of amides is 2. The first-order chi connectivity index (χ1) is 6.18. The first-order valence-corrected chi connectivity index (χ1v) is 5.20. The number of hydrogen-bond donors (Lipinski definition) is 1. The number of quaternary nitrogens is 1. The molecule has 3 nitrogen and oxygen atoms in total. The van der Waals surface area contributed by atoms with E-state index in [-0.39, 0.29) is 9.92 Å². The van der Waals surface area contributed by atoms with Crippen molar-refractivity contribution in [1.29, 1.82) is 0 Å². The van der Waals surface area contributed by atoms with Crippen LogP contribution in [0, 0.1) is 0 Å². The molecule has 0 spiro atoms. The summed E-state index contributed by atoms with van der Waals surface area (Å²) in [7, 11) is 1.89. The van der Waals surface area contributed by atoms with Crippen LogP contribution in [0.3, 0.4) is 0 Å². The van der Waals surface area contributed by atoms with Crippen LogP contribution in [0.2, 0.25) is 0 Å². The van der Waals surface area contributed by atoms with E-state index in [0.717, 1.165) is 11.4 Å². The summed E-state index contributed by atoms with van der Waals surface area (Å²) >= 11 is 1.51. The van der Waals surface area contributed by atoms with Crippen LogP contribution in [-0.4, -0.2) is 19.3 Å². The van der Waals surface area contributed by atoms with E-state index in [9.17, 15) is 4.79 Å². The van der Waals surface area contributed by atoms with Gasteiger partial charge in [0.05, 0.1) is 19.0 Å². The number of nitrogens with zero attached hydrogens (tertiary/aromatic N) is 1. The van der Waals surface area contributed by atoms with Crippen LogP contribution in [0.25, 0.3) is 0 Å². The molecule has 0 aliphatic carbocycles. The van der Waals surface area contributed by atoms with Crippen molar-refractivity contribution >= 4 is 29.4 Å². The van der Waals surface area contributed by atoms with E-state index in [0.29, 0.717) is 0 Å². The van der Waals surface area contributed by atoms with Crippen LogP contribution in [-0.2, 0) is 0 Å². The molecule has 0 saturated carbocycles.